The van der Waals surface area contributed by atoms with Crippen LogP contribution in [0.1, 0.15) is 25.3 Å². The summed E-state index contributed by atoms with van der Waals surface area (Å²) < 4.78 is 34.1. The average Bonchev–Trinajstić information content (AvgIpc) is 3.06. The van der Waals surface area contributed by atoms with Crippen molar-refractivity contribution in [3.63, 3.8) is 0 Å². The van der Waals surface area contributed by atoms with Gasteiger partial charge in [0.25, 0.3) is 15.9 Å². The SMILES string of the molecule is C[C@H]1Oc2ccc(NC(=O)C3CCN(C4=NS(=O)(=O)c5ccccc54)CC3)cc2NC1=O. The minimum Gasteiger partial charge on any atom is -0.479 e. The minimum absolute atomic E-state index is 0.109. The van der Waals surface area contributed by atoms with Gasteiger partial charge in [-0.15, -0.1) is 4.40 Å². The van der Waals surface area contributed by atoms with Crippen molar-refractivity contribution < 1.29 is 22.7 Å². The maximum atomic E-state index is 12.8. The quantitative estimate of drug-likeness (QED) is 0.719. The Balaban J connectivity index is 1.23. The molecule has 0 aliphatic carbocycles. The van der Waals surface area contributed by atoms with Crippen molar-refractivity contribution in [3.05, 3.63) is 48.0 Å². The molecule has 0 bridgehead atoms. The Morgan fingerprint density at radius 1 is 1.19 bits per heavy atom. The van der Waals surface area contributed by atoms with Gasteiger partial charge in [-0.3, -0.25) is 9.59 Å². The third kappa shape index (κ3) is 3.60. The molecule has 0 radical (unpaired) electrons. The smallest absolute Gasteiger partial charge is 0.285 e. The number of piperidine rings is 1. The number of rotatable bonds is 2. The lowest BCUT2D eigenvalue weighted by molar-refractivity contribution is -0.122. The number of anilines is 2. The molecule has 3 aliphatic heterocycles. The molecule has 0 aromatic heterocycles. The van der Waals surface area contributed by atoms with Crippen molar-refractivity contribution in [2.75, 3.05) is 23.7 Å². The lowest BCUT2D eigenvalue weighted by Gasteiger charge is -2.32. The molecule has 2 amide bonds. The number of amidine groups is 1. The van der Waals surface area contributed by atoms with Gasteiger partial charge in [-0.05, 0) is 50.1 Å². The van der Waals surface area contributed by atoms with Crippen molar-refractivity contribution in [2.45, 2.75) is 30.8 Å². The van der Waals surface area contributed by atoms with Crippen LogP contribution >= 0.6 is 0 Å². The Labute approximate surface area is 185 Å². The minimum atomic E-state index is -3.66. The number of nitrogens with one attached hydrogen (secondary N) is 2. The predicted molar refractivity (Wildman–Crippen MR) is 118 cm³/mol. The van der Waals surface area contributed by atoms with Gasteiger partial charge in [0.05, 0.1) is 5.69 Å². The zero-order chi connectivity index (χ0) is 22.5. The zero-order valence-corrected chi connectivity index (χ0v) is 18.2. The topological polar surface area (TPSA) is 117 Å². The Hall–Kier alpha value is -3.40. The molecule has 9 nitrogen and oxygen atoms in total. The fourth-order valence-electron chi connectivity index (χ4n) is 4.20. The number of amides is 2. The first kappa shape index (κ1) is 20.5. The average molecular weight is 455 g/mol. The van der Waals surface area contributed by atoms with Crippen LogP contribution in [0.25, 0.3) is 0 Å². The fourth-order valence-corrected chi connectivity index (χ4v) is 5.43. The van der Waals surface area contributed by atoms with Gasteiger partial charge in [-0.1, -0.05) is 12.1 Å². The summed E-state index contributed by atoms with van der Waals surface area (Å²) in [5.41, 5.74) is 1.72. The third-order valence-corrected chi connectivity index (χ3v) is 7.28. The van der Waals surface area contributed by atoms with Gasteiger partial charge < -0.3 is 20.3 Å². The Kier molecular flexibility index (Phi) is 4.89. The number of hydrogen-bond donors (Lipinski definition) is 2. The number of nitrogens with zero attached hydrogens (tertiary/aromatic N) is 2. The first-order valence-electron chi connectivity index (χ1n) is 10.4. The summed E-state index contributed by atoms with van der Waals surface area (Å²) in [6.07, 6.45) is 0.602. The van der Waals surface area contributed by atoms with Crippen molar-refractivity contribution in [1.29, 1.82) is 0 Å². The van der Waals surface area contributed by atoms with Gasteiger partial charge in [0.15, 0.2) is 11.9 Å². The molecule has 1 saturated heterocycles. The molecule has 2 aromatic carbocycles. The summed E-state index contributed by atoms with van der Waals surface area (Å²) in [6, 6.07) is 11.9. The number of hydrogen-bond acceptors (Lipinski definition) is 6. The summed E-state index contributed by atoms with van der Waals surface area (Å²) in [4.78, 5) is 26.8. The number of benzene rings is 2. The van der Waals surface area contributed by atoms with E-state index in [-0.39, 0.29) is 22.6 Å². The van der Waals surface area contributed by atoms with Crippen LogP contribution in [-0.2, 0) is 19.6 Å². The highest BCUT2D eigenvalue weighted by atomic mass is 32.2. The number of carbonyl (C=O) groups is 2. The van der Waals surface area contributed by atoms with Gasteiger partial charge in [0.2, 0.25) is 5.91 Å². The molecule has 32 heavy (non-hydrogen) atoms. The molecular weight excluding hydrogens is 432 g/mol. The van der Waals surface area contributed by atoms with Crippen molar-refractivity contribution in [3.8, 4) is 5.75 Å². The molecule has 3 heterocycles. The standard InChI is InChI=1S/C22H22N4O5S/c1-13-21(27)24-17-12-15(6-7-18(17)31-13)23-22(28)14-8-10-26(11-9-14)20-16-4-2-3-5-19(16)32(29,30)25-20/h2-7,12-14H,8-11H2,1H3,(H,23,28)(H,24,27)/t13-/m1/s1. The molecule has 2 N–H and O–H groups in total. The molecular formula is C22H22N4O5S. The van der Waals surface area contributed by atoms with E-state index in [2.05, 4.69) is 15.0 Å². The summed E-state index contributed by atoms with van der Waals surface area (Å²) in [5.74, 6) is 0.478. The lowest BCUT2D eigenvalue weighted by atomic mass is 9.95. The van der Waals surface area contributed by atoms with Crippen molar-refractivity contribution in [1.82, 2.24) is 4.90 Å². The number of ether oxygens (including phenoxy) is 1. The molecule has 1 atom stereocenters. The van der Waals surface area contributed by atoms with Crippen LogP contribution in [0, 0.1) is 5.92 Å². The van der Waals surface area contributed by atoms with Crippen LogP contribution in [0.3, 0.4) is 0 Å². The van der Waals surface area contributed by atoms with Crippen LogP contribution in [-0.4, -0.2) is 50.2 Å². The Morgan fingerprint density at radius 3 is 2.72 bits per heavy atom. The van der Waals surface area contributed by atoms with Gasteiger partial charge >= 0.3 is 0 Å². The second-order valence-electron chi connectivity index (χ2n) is 8.10. The van der Waals surface area contributed by atoms with E-state index >= 15 is 0 Å². The van der Waals surface area contributed by atoms with Crippen LogP contribution < -0.4 is 15.4 Å². The Bertz CT molecular complexity index is 1250. The van der Waals surface area contributed by atoms with E-state index in [4.69, 9.17) is 4.74 Å². The van der Waals surface area contributed by atoms with Crippen LogP contribution in [0.5, 0.6) is 5.75 Å². The van der Waals surface area contributed by atoms with E-state index in [0.717, 1.165) is 0 Å². The first-order valence-corrected chi connectivity index (χ1v) is 11.9. The molecule has 3 aliphatic rings. The second kappa shape index (κ2) is 7.63. The number of sulfonamides is 1. The highest BCUT2D eigenvalue weighted by Crippen LogP contribution is 2.33. The molecule has 5 rings (SSSR count). The molecule has 0 saturated carbocycles. The molecule has 2 aromatic rings. The summed E-state index contributed by atoms with van der Waals surface area (Å²) in [7, 11) is -3.66. The van der Waals surface area contributed by atoms with Gasteiger partial charge in [0, 0.05) is 30.3 Å². The van der Waals surface area contributed by atoms with Gasteiger partial charge in [-0.2, -0.15) is 8.42 Å². The second-order valence-corrected chi connectivity index (χ2v) is 9.67. The highest BCUT2D eigenvalue weighted by Gasteiger charge is 2.34. The summed E-state index contributed by atoms with van der Waals surface area (Å²) >= 11 is 0. The van der Waals surface area contributed by atoms with Crippen molar-refractivity contribution >= 4 is 39.0 Å². The normalized spacial score (nSPS) is 21.7. The molecule has 0 spiro atoms. The van der Waals surface area contributed by atoms with Crippen molar-refractivity contribution in [2.24, 2.45) is 10.3 Å². The molecule has 1 fully saturated rings. The zero-order valence-electron chi connectivity index (χ0n) is 17.4. The summed E-state index contributed by atoms with van der Waals surface area (Å²) in [5, 5.41) is 5.68. The van der Waals surface area contributed by atoms with E-state index in [1.54, 1.807) is 49.4 Å². The summed E-state index contributed by atoms with van der Waals surface area (Å²) in [6.45, 7) is 2.74. The highest BCUT2D eigenvalue weighted by molar-refractivity contribution is 7.90. The number of likely N-dealkylation sites (tertiary alicyclic amines) is 1. The predicted octanol–water partition coefficient (Wildman–Crippen LogP) is 2.21. The number of fused-ring (bicyclic) bond motifs is 2. The van der Waals surface area contributed by atoms with Crippen LogP contribution in [0.15, 0.2) is 51.8 Å². The van der Waals surface area contributed by atoms with Gasteiger partial charge in [0.1, 0.15) is 10.6 Å². The van der Waals surface area contributed by atoms with E-state index in [1.807, 2.05) is 4.90 Å². The van der Waals surface area contributed by atoms with E-state index in [1.165, 1.54) is 0 Å². The maximum Gasteiger partial charge on any atom is 0.285 e. The van der Waals surface area contributed by atoms with E-state index in [9.17, 15) is 18.0 Å². The molecule has 0 unspecified atom stereocenters. The molecule has 10 heteroatoms. The number of carbonyl (C=O) groups excluding carboxylic acids is 2. The fraction of sp³-hybridized carbons (Fsp3) is 0.318. The van der Waals surface area contributed by atoms with Gasteiger partial charge in [-0.25, -0.2) is 0 Å². The largest absolute Gasteiger partial charge is 0.479 e. The van der Waals surface area contributed by atoms with E-state index in [0.29, 0.717) is 54.5 Å². The first-order chi connectivity index (χ1) is 15.3. The molecule has 166 valence electrons. The monoisotopic (exact) mass is 454 g/mol. The maximum absolute atomic E-state index is 12.8. The van der Waals surface area contributed by atoms with Crippen LogP contribution in [0.4, 0.5) is 11.4 Å². The van der Waals surface area contributed by atoms with E-state index < -0.39 is 16.1 Å². The third-order valence-electron chi connectivity index (χ3n) is 5.96. The lowest BCUT2D eigenvalue weighted by Crippen LogP contribution is -2.41. The Morgan fingerprint density at radius 2 is 1.94 bits per heavy atom. The van der Waals surface area contributed by atoms with Crippen LogP contribution in [0.2, 0.25) is 0 Å².